The van der Waals surface area contributed by atoms with Crippen molar-refractivity contribution < 1.29 is 22.9 Å². The number of anilines is 1. The first-order valence-corrected chi connectivity index (χ1v) is 31.7. The van der Waals surface area contributed by atoms with E-state index < -0.39 is 11.6 Å². The van der Waals surface area contributed by atoms with Gasteiger partial charge in [0.15, 0.2) is 5.71 Å². The molecule has 2 N–H and O–H groups in total. The molecule has 3 heterocycles. The number of hydrogen-bond acceptors (Lipinski definition) is 6. The molecule has 1 saturated carbocycles. The number of halogens is 2. The molecule has 0 spiro atoms. The Morgan fingerprint density at radius 1 is 0.753 bits per heavy atom. The number of imidazole rings is 1. The summed E-state index contributed by atoms with van der Waals surface area (Å²) in [6, 6.07) is 13.8. The SMILES string of the molecule is C1CCCC1.C=C(CCCC=O)NC.C=C(Nc1nc2ccc(C)cc2n1C)c1cc(C)nc(C2=C(OC)CC[N+](C)=C2C)c1.CC.CC.CCCCC(C)CCC.CCCCCC(CCC)CC(C)CC.Cc1cc(F)cc(F)c1. The summed E-state index contributed by atoms with van der Waals surface area (Å²) >= 11 is 0. The highest BCUT2D eigenvalue weighted by Gasteiger charge is 2.27. The fraction of sp³-hybridized carbons (Fsp3) is 0.634. The molecule has 4 aromatic rings. The van der Waals surface area contributed by atoms with Gasteiger partial charge in [-0.3, -0.25) is 4.98 Å². The van der Waals surface area contributed by atoms with Crippen LogP contribution in [0.25, 0.3) is 22.3 Å². The molecule has 10 heteroatoms. The highest BCUT2D eigenvalue weighted by molar-refractivity contribution is 6.20. The first kappa shape index (κ1) is 77.9. The highest BCUT2D eigenvalue weighted by Crippen LogP contribution is 2.29. The summed E-state index contributed by atoms with van der Waals surface area (Å²) in [6.07, 6.45) is 30.1. The van der Waals surface area contributed by atoms with Gasteiger partial charge in [-0.1, -0.05) is 205 Å². The van der Waals surface area contributed by atoms with Crippen LogP contribution in [0.5, 0.6) is 0 Å². The number of allylic oxidation sites excluding steroid dienone is 2. The van der Waals surface area contributed by atoms with Crippen LogP contribution >= 0.6 is 0 Å². The number of benzene rings is 2. The molecule has 1 fully saturated rings. The van der Waals surface area contributed by atoms with Crippen LogP contribution in [0.15, 0.2) is 73.1 Å². The van der Waals surface area contributed by atoms with Crippen molar-refractivity contribution >= 4 is 40.2 Å². The fourth-order valence-electron chi connectivity index (χ4n) is 9.57. The van der Waals surface area contributed by atoms with E-state index in [1.54, 1.807) is 14.0 Å². The molecule has 81 heavy (non-hydrogen) atoms. The van der Waals surface area contributed by atoms with Crippen LogP contribution in [0.3, 0.4) is 0 Å². The molecule has 1 aliphatic heterocycles. The minimum atomic E-state index is -0.521. The van der Waals surface area contributed by atoms with Crippen molar-refractivity contribution in [3.8, 4) is 0 Å². The van der Waals surface area contributed by atoms with Crippen LogP contribution in [0, 0.1) is 50.2 Å². The van der Waals surface area contributed by atoms with Crippen molar-refractivity contribution in [3.63, 3.8) is 0 Å². The average molecular weight is 1130 g/mol. The van der Waals surface area contributed by atoms with E-state index in [1.165, 1.54) is 133 Å². The normalized spacial score (nSPS) is 13.3. The third kappa shape index (κ3) is 34.2. The van der Waals surface area contributed by atoms with E-state index in [1.807, 2.05) is 60.8 Å². The van der Waals surface area contributed by atoms with Gasteiger partial charge in [0.1, 0.15) is 42.8 Å². The van der Waals surface area contributed by atoms with Crippen LogP contribution in [-0.2, 0) is 16.6 Å². The number of ether oxygens (including phenoxy) is 1. The number of carbonyl (C=O) groups excluding carboxylic acids is 1. The number of methoxy groups -OCH3 is 1. The van der Waals surface area contributed by atoms with Crippen LogP contribution in [0.2, 0.25) is 0 Å². The van der Waals surface area contributed by atoms with Gasteiger partial charge in [0.05, 0.1) is 30.3 Å². The second kappa shape index (κ2) is 48.4. The molecular formula is C71H121F2N6O2+. The molecule has 1 aliphatic carbocycles. The van der Waals surface area contributed by atoms with E-state index in [0.717, 1.165) is 118 Å². The van der Waals surface area contributed by atoms with Crippen molar-refractivity contribution in [3.05, 3.63) is 113 Å². The van der Waals surface area contributed by atoms with Gasteiger partial charge in [-0.25, -0.2) is 18.3 Å². The van der Waals surface area contributed by atoms with Gasteiger partial charge in [0.25, 0.3) is 0 Å². The van der Waals surface area contributed by atoms with E-state index in [0.29, 0.717) is 12.0 Å². The standard InChI is InChI=1S/C25H30N5O.C14H30.C9H20.C7H6F2.C7H13NO.C5H10.2C2H6/c1-15-8-9-20-22(12-15)30(6)25(28-20)27-17(3)19-13-16(2)26-21(14-19)24-18(4)29(5)11-10-23(24)31-7;1-5-8-9-11-14(10-6-2)12-13(4)7-3;1-4-6-8-9(3)7-5-2;1-5-2-6(8)4-7(9)3-5;1-7(8-2)5-3-4-6-9;1-2-4-5-3-1;2*1-2/h8-9,12-14H,3,10-11H2,1-2,4-7H3,(H,27,28);13-14H,5-12H2,1-4H3;9H,4-8H2,1-3H3;2-4H,1H3;6,8H,1,3-5H2,2H3;1-5H2;2*1-2H3/q+1;;;;;;;. The molecule has 6 rings (SSSR count). The van der Waals surface area contributed by atoms with Crippen LogP contribution in [0.1, 0.15) is 252 Å². The molecule has 3 atom stereocenters. The Hall–Kier alpha value is -5.12. The zero-order valence-electron chi connectivity index (χ0n) is 55.5. The molecule has 8 nitrogen and oxygen atoms in total. The number of rotatable bonds is 24. The summed E-state index contributed by atoms with van der Waals surface area (Å²) in [6.45, 7) is 41.0. The van der Waals surface area contributed by atoms with Gasteiger partial charge in [-0.05, 0) is 105 Å². The van der Waals surface area contributed by atoms with Gasteiger partial charge < -0.3 is 24.7 Å². The minimum absolute atomic E-state index is 0.521. The zero-order chi connectivity index (χ0) is 61.7. The molecule has 460 valence electrons. The van der Waals surface area contributed by atoms with Crippen molar-refractivity contribution in [2.24, 2.45) is 24.8 Å². The van der Waals surface area contributed by atoms with Gasteiger partial charge in [0, 0.05) is 56.2 Å². The Labute approximate surface area is 496 Å². The molecule has 2 aromatic carbocycles. The Kier molecular flexibility index (Phi) is 46.6. The largest absolute Gasteiger partial charge is 0.500 e. The van der Waals surface area contributed by atoms with Crippen LogP contribution < -0.4 is 10.6 Å². The Morgan fingerprint density at radius 2 is 1.36 bits per heavy atom. The Balaban J connectivity index is 0. The van der Waals surface area contributed by atoms with Gasteiger partial charge >= 0.3 is 0 Å². The molecule has 0 amide bonds. The molecule has 2 aromatic heterocycles. The lowest BCUT2D eigenvalue weighted by atomic mass is 9.87. The number of aldehydes is 1. The quantitative estimate of drug-likeness (QED) is 0.0413. The van der Waals surface area contributed by atoms with Gasteiger partial charge in [0.2, 0.25) is 5.95 Å². The molecule has 3 unspecified atom stereocenters. The Morgan fingerprint density at radius 3 is 1.88 bits per heavy atom. The molecule has 0 saturated heterocycles. The minimum Gasteiger partial charge on any atom is -0.500 e. The predicted octanol–water partition coefficient (Wildman–Crippen LogP) is 20.9. The van der Waals surface area contributed by atoms with Gasteiger partial charge in [-0.15, -0.1) is 0 Å². The number of nitrogens with one attached hydrogen (secondary N) is 2. The summed E-state index contributed by atoms with van der Waals surface area (Å²) in [4.78, 5) is 19.4. The predicted molar refractivity (Wildman–Crippen MR) is 353 cm³/mol. The lowest BCUT2D eigenvalue weighted by molar-refractivity contribution is -0.497. The second-order valence-corrected chi connectivity index (χ2v) is 21.8. The Bertz CT molecular complexity index is 2300. The number of carbonyl (C=O) groups is 1. The van der Waals surface area contributed by atoms with Gasteiger partial charge in [-0.2, -0.15) is 0 Å². The monoisotopic (exact) mass is 1130 g/mol. The molecule has 2 aliphatic rings. The molecular weight excluding hydrogens is 1010 g/mol. The zero-order valence-corrected chi connectivity index (χ0v) is 55.5. The van der Waals surface area contributed by atoms with E-state index in [-0.39, 0.29) is 0 Å². The maximum Gasteiger partial charge on any atom is 0.208 e. The molecule has 0 bridgehead atoms. The summed E-state index contributed by atoms with van der Waals surface area (Å²) in [7, 11) is 7.69. The number of pyridine rings is 1. The lowest BCUT2D eigenvalue weighted by Gasteiger charge is -2.19. The first-order valence-electron chi connectivity index (χ1n) is 31.7. The maximum atomic E-state index is 12.2. The summed E-state index contributed by atoms with van der Waals surface area (Å²) < 4.78 is 34.4. The topological polar surface area (TPSA) is 84.1 Å². The maximum absolute atomic E-state index is 12.2. The number of nitrogens with zero attached hydrogens (tertiary/aromatic N) is 4. The number of hydrogen-bond donors (Lipinski definition) is 2. The van der Waals surface area contributed by atoms with Crippen molar-refractivity contribution in [2.75, 3.05) is 33.1 Å². The lowest BCUT2D eigenvalue weighted by Crippen LogP contribution is -2.25. The van der Waals surface area contributed by atoms with E-state index >= 15 is 0 Å². The van der Waals surface area contributed by atoms with Crippen molar-refractivity contribution in [2.45, 2.75) is 245 Å². The average Bonchev–Trinajstić information content (AvgIpc) is 4.16. The van der Waals surface area contributed by atoms with Crippen molar-refractivity contribution in [1.82, 2.24) is 19.9 Å². The summed E-state index contributed by atoms with van der Waals surface area (Å²) in [5, 5.41) is 6.32. The number of aryl methyl sites for hydroxylation is 4. The van der Waals surface area contributed by atoms with E-state index in [9.17, 15) is 13.6 Å². The second-order valence-electron chi connectivity index (χ2n) is 21.8. The highest BCUT2D eigenvalue weighted by atomic mass is 19.1. The third-order valence-corrected chi connectivity index (χ3v) is 14.6. The van der Waals surface area contributed by atoms with E-state index in [4.69, 9.17) is 14.7 Å². The summed E-state index contributed by atoms with van der Waals surface area (Å²) in [5.41, 5.74) is 10.7. The van der Waals surface area contributed by atoms with Crippen molar-refractivity contribution in [1.29, 1.82) is 0 Å². The molecule has 0 radical (unpaired) electrons. The summed E-state index contributed by atoms with van der Waals surface area (Å²) in [5.74, 6) is 3.62. The van der Waals surface area contributed by atoms with Crippen LogP contribution in [-0.4, -0.2) is 58.9 Å². The number of fused-ring (bicyclic) bond motifs is 1. The van der Waals surface area contributed by atoms with E-state index in [2.05, 4.69) is 120 Å². The smallest absolute Gasteiger partial charge is 0.208 e. The fourth-order valence-corrected chi connectivity index (χ4v) is 9.57. The number of aromatic nitrogens is 3. The number of unbranched alkanes of at least 4 members (excludes halogenated alkanes) is 4. The first-order chi connectivity index (χ1) is 38.8. The van der Waals surface area contributed by atoms with Crippen LogP contribution in [0.4, 0.5) is 14.7 Å². The third-order valence-electron chi connectivity index (χ3n) is 14.6.